The number of fused-ring (bicyclic) bond motifs is 2. The molecule has 1 N–H and O–H groups in total. The minimum Gasteiger partial charge on any atom is -0.488 e. The molecule has 0 amide bonds. The Morgan fingerprint density at radius 1 is 0.909 bits per heavy atom. The summed E-state index contributed by atoms with van der Waals surface area (Å²) in [5.74, 6) is 1.74. The van der Waals surface area contributed by atoms with Crippen molar-refractivity contribution in [2.24, 2.45) is 0 Å². The van der Waals surface area contributed by atoms with Crippen LogP contribution in [0.5, 0.6) is 5.75 Å². The monoisotopic (exact) mass is 448 g/mol. The molecule has 3 aliphatic rings. The highest BCUT2D eigenvalue weighted by atomic mass is 16.5. The summed E-state index contributed by atoms with van der Waals surface area (Å²) in [5, 5.41) is 3.62. The van der Waals surface area contributed by atoms with E-state index in [-0.39, 0.29) is 6.10 Å². The summed E-state index contributed by atoms with van der Waals surface area (Å²) in [6.45, 7) is 4.40. The molecule has 2 aliphatic heterocycles. The van der Waals surface area contributed by atoms with Crippen LogP contribution in [0.15, 0.2) is 30.9 Å². The fourth-order valence-electron chi connectivity index (χ4n) is 4.92. The van der Waals surface area contributed by atoms with E-state index < -0.39 is 0 Å². The van der Waals surface area contributed by atoms with Gasteiger partial charge in [0, 0.05) is 48.8 Å². The number of nitrogens with one attached hydrogen (secondary N) is 1. The van der Waals surface area contributed by atoms with Crippen molar-refractivity contribution >= 4 is 22.5 Å². The van der Waals surface area contributed by atoms with E-state index in [2.05, 4.69) is 42.3 Å². The van der Waals surface area contributed by atoms with Gasteiger partial charge in [-0.3, -0.25) is 4.98 Å². The van der Waals surface area contributed by atoms with Gasteiger partial charge in [0.15, 0.2) is 0 Å². The van der Waals surface area contributed by atoms with Crippen LogP contribution in [0.3, 0.4) is 0 Å². The first-order chi connectivity index (χ1) is 16.3. The van der Waals surface area contributed by atoms with Crippen LogP contribution in [0.25, 0.3) is 11.0 Å². The number of aromatic nitrogens is 4. The van der Waals surface area contributed by atoms with Gasteiger partial charge in [0.1, 0.15) is 23.4 Å². The fraction of sp³-hybridized carbons (Fsp3) is 0.500. The molecule has 1 aliphatic carbocycles. The zero-order valence-corrected chi connectivity index (χ0v) is 18.6. The van der Waals surface area contributed by atoms with Crippen molar-refractivity contribution in [2.75, 3.05) is 36.5 Å². The molecule has 1 aromatic carbocycles. The van der Waals surface area contributed by atoms with E-state index in [1.165, 1.54) is 0 Å². The van der Waals surface area contributed by atoms with E-state index in [1.54, 1.807) is 18.7 Å². The van der Waals surface area contributed by atoms with E-state index in [1.807, 2.05) is 0 Å². The molecule has 1 saturated heterocycles. The van der Waals surface area contributed by atoms with Crippen LogP contribution in [-0.4, -0.2) is 58.4 Å². The molecular formula is C24H28N6O3. The zero-order chi connectivity index (χ0) is 22.0. The lowest BCUT2D eigenvalue weighted by Gasteiger charge is -2.31. The third-order valence-corrected chi connectivity index (χ3v) is 6.73. The molecular weight excluding hydrogens is 420 g/mol. The summed E-state index contributed by atoms with van der Waals surface area (Å²) in [5.41, 5.74) is 4.91. The molecule has 2 fully saturated rings. The third-order valence-electron chi connectivity index (χ3n) is 6.73. The number of nitrogens with zero attached hydrogens (tertiary/aromatic N) is 5. The predicted molar refractivity (Wildman–Crippen MR) is 123 cm³/mol. The maximum Gasteiger partial charge on any atom is 0.149 e. The second kappa shape index (κ2) is 9.07. The van der Waals surface area contributed by atoms with Crippen molar-refractivity contribution in [2.45, 2.75) is 51.0 Å². The Labute approximate surface area is 192 Å². The molecule has 3 aromatic rings. The van der Waals surface area contributed by atoms with E-state index in [0.717, 1.165) is 91.5 Å². The van der Waals surface area contributed by atoms with Crippen molar-refractivity contribution in [3.05, 3.63) is 42.1 Å². The molecule has 0 unspecified atom stereocenters. The number of ether oxygens (including phenoxy) is 3. The number of hydrogen-bond donors (Lipinski definition) is 1. The standard InChI is InChI=1S/C24H28N6O3/c1-3-18(4-2-16(1)29-24-19-13-32-14-21(19)27-15-28-24)33-22-12-17(30-7-9-31-10-8-30)11-20-23(22)26-6-5-25-20/h5-6,11-12,15-16,18H,1-4,7-10,13-14H2,(H,27,28,29)/t16-,18+. The van der Waals surface area contributed by atoms with Crippen LogP contribution >= 0.6 is 0 Å². The van der Waals surface area contributed by atoms with Gasteiger partial charge in [0.25, 0.3) is 0 Å². The Morgan fingerprint density at radius 3 is 2.64 bits per heavy atom. The van der Waals surface area contributed by atoms with Gasteiger partial charge in [0.2, 0.25) is 0 Å². The molecule has 2 aromatic heterocycles. The Bertz CT molecular complexity index is 1130. The average molecular weight is 449 g/mol. The van der Waals surface area contributed by atoms with Gasteiger partial charge >= 0.3 is 0 Å². The first-order valence-electron chi connectivity index (χ1n) is 11.7. The first-order valence-corrected chi connectivity index (χ1v) is 11.7. The van der Waals surface area contributed by atoms with Crippen LogP contribution in [0, 0.1) is 0 Å². The highest BCUT2D eigenvalue weighted by molar-refractivity contribution is 5.85. The van der Waals surface area contributed by atoms with Crippen molar-refractivity contribution in [3.63, 3.8) is 0 Å². The van der Waals surface area contributed by atoms with Crippen molar-refractivity contribution < 1.29 is 14.2 Å². The van der Waals surface area contributed by atoms with Gasteiger partial charge in [-0.25, -0.2) is 15.0 Å². The maximum atomic E-state index is 6.54. The lowest BCUT2D eigenvalue weighted by atomic mass is 9.92. The van der Waals surface area contributed by atoms with Crippen LogP contribution in [0.1, 0.15) is 36.9 Å². The van der Waals surface area contributed by atoms with Crippen LogP contribution in [0.4, 0.5) is 11.5 Å². The number of morpholine rings is 1. The van der Waals surface area contributed by atoms with E-state index >= 15 is 0 Å². The van der Waals surface area contributed by atoms with Gasteiger partial charge in [-0.2, -0.15) is 0 Å². The summed E-state index contributed by atoms with van der Waals surface area (Å²) in [4.78, 5) is 20.2. The van der Waals surface area contributed by atoms with E-state index in [9.17, 15) is 0 Å². The molecule has 4 heterocycles. The summed E-state index contributed by atoms with van der Waals surface area (Å²) < 4.78 is 17.6. The lowest BCUT2D eigenvalue weighted by molar-refractivity contribution is 0.122. The molecule has 9 nitrogen and oxygen atoms in total. The first kappa shape index (κ1) is 20.6. The molecule has 9 heteroatoms. The quantitative estimate of drug-likeness (QED) is 0.632. The zero-order valence-electron chi connectivity index (χ0n) is 18.6. The Kier molecular flexibility index (Phi) is 5.65. The highest BCUT2D eigenvalue weighted by Crippen LogP contribution is 2.34. The van der Waals surface area contributed by atoms with Gasteiger partial charge in [-0.15, -0.1) is 0 Å². The molecule has 33 heavy (non-hydrogen) atoms. The largest absolute Gasteiger partial charge is 0.488 e. The van der Waals surface area contributed by atoms with Gasteiger partial charge in [-0.1, -0.05) is 0 Å². The summed E-state index contributed by atoms with van der Waals surface area (Å²) in [7, 11) is 0. The maximum absolute atomic E-state index is 6.54. The summed E-state index contributed by atoms with van der Waals surface area (Å²) >= 11 is 0. The molecule has 172 valence electrons. The smallest absolute Gasteiger partial charge is 0.149 e. The third kappa shape index (κ3) is 4.30. The Balaban J connectivity index is 1.15. The number of rotatable bonds is 5. The molecule has 0 spiro atoms. The number of anilines is 2. The van der Waals surface area contributed by atoms with Crippen molar-refractivity contribution in [1.82, 2.24) is 19.9 Å². The van der Waals surface area contributed by atoms with E-state index in [0.29, 0.717) is 19.3 Å². The Hall–Kier alpha value is -3.04. The summed E-state index contributed by atoms with van der Waals surface area (Å²) in [6.07, 6.45) is 9.25. The topological polar surface area (TPSA) is 94.5 Å². The summed E-state index contributed by atoms with van der Waals surface area (Å²) in [6, 6.07) is 4.60. The minimum atomic E-state index is 0.160. The Morgan fingerprint density at radius 2 is 1.76 bits per heavy atom. The normalized spacial score (nSPS) is 22.8. The second-order valence-corrected chi connectivity index (χ2v) is 8.84. The minimum absolute atomic E-state index is 0.160. The van der Waals surface area contributed by atoms with Crippen LogP contribution in [-0.2, 0) is 22.7 Å². The van der Waals surface area contributed by atoms with Gasteiger partial charge in [-0.05, 0) is 31.7 Å². The van der Waals surface area contributed by atoms with Gasteiger partial charge < -0.3 is 24.4 Å². The highest BCUT2D eigenvalue weighted by Gasteiger charge is 2.26. The number of benzene rings is 1. The predicted octanol–water partition coefficient (Wildman–Crippen LogP) is 3.09. The van der Waals surface area contributed by atoms with Crippen molar-refractivity contribution in [3.8, 4) is 5.75 Å². The van der Waals surface area contributed by atoms with Crippen molar-refractivity contribution in [1.29, 1.82) is 0 Å². The SMILES string of the molecule is c1nc2c(c(N[C@H]3CC[C@@H](Oc4cc(N5CCOCC5)cc5nccnc45)CC3)n1)COC2. The van der Waals surface area contributed by atoms with E-state index in [4.69, 9.17) is 14.2 Å². The average Bonchev–Trinajstić information content (AvgIpc) is 3.36. The molecule has 1 saturated carbocycles. The number of hydrogen-bond acceptors (Lipinski definition) is 9. The molecule has 0 atom stereocenters. The molecule has 6 rings (SSSR count). The van der Waals surface area contributed by atoms with Gasteiger partial charge in [0.05, 0.1) is 43.7 Å². The van der Waals surface area contributed by atoms with Crippen LogP contribution < -0.4 is 15.0 Å². The fourth-order valence-corrected chi connectivity index (χ4v) is 4.92. The lowest BCUT2D eigenvalue weighted by Crippen LogP contribution is -2.36. The second-order valence-electron chi connectivity index (χ2n) is 8.84. The van der Waals surface area contributed by atoms with Crippen LogP contribution in [0.2, 0.25) is 0 Å². The molecule has 0 radical (unpaired) electrons. The molecule has 0 bridgehead atoms.